The number of methoxy groups -OCH3 is 1. The van der Waals surface area contributed by atoms with E-state index in [-0.39, 0.29) is 0 Å². The normalized spacial score (nSPS) is 14.1. The first kappa shape index (κ1) is 16.0. The van der Waals surface area contributed by atoms with Gasteiger partial charge >= 0.3 is 0 Å². The molecule has 1 aromatic rings. The summed E-state index contributed by atoms with van der Waals surface area (Å²) >= 11 is 0. The number of benzene rings is 1. The van der Waals surface area contributed by atoms with Crippen LogP contribution in [0, 0.1) is 5.92 Å². The van der Waals surface area contributed by atoms with E-state index < -0.39 is 0 Å². The fourth-order valence-corrected chi connectivity index (χ4v) is 2.38. The molecule has 0 aliphatic rings. The van der Waals surface area contributed by atoms with Gasteiger partial charge in [0.25, 0.3) is 0 Å². The number of aryl methyl sites for hydroxylation is 1. The van der Waals surface area contributed by atoms with Gasteiger partial charge in [0.2, 0.25) is 0 Å². The van der Waals surface area contributed by atoms with E-state index in [0.29, 0.717) is 6.04 Å². The zero-order valence-electron chi connectivity index (χ0n) is 12.9. The van der Waals surface area contributed by atoms with E-state index in [0.717, 1.165) is 24.6 Å². The maximum absolute atomic E-state index is 5.19. The average molecular weight is 263 g/mol. The van der Waals surface area contributed by atoms with Gasteiger partial charge in [0, 0.05) is 6.04 Å². The highest BCUT2D eigenvalue weighted by Gasteiger charge is 2.11. The molecule has 0 spiro atoms. The van der Waals surface area contributed by atoms with Gasteiger partial charge < -0.3 is 10.1 Å². The van der Waals surface area contributed by atoms with E-state index in [1.807, 2.05) is 12.1 Å². The molecule has 0 aliphatic heterocycles. The van der Waals surface area contributed by atoms with E-state index in [9.17, 15) is 0 Å². The van der Waals surface area contributed by atoms with Crippen LogP contribution in [0.1, 0.15) is 45.6 Å². The van der Waals surface area contributed by atoms with Gasteiger partial charge in [-0.25, -0.2) is 0 Å². The molecule has 0 fully saturated rings. The standard InChI is InChI=1S/C17H29NO/c1-5-14(3)13-16(18-6-2)10-7-15-8-11-17(19-4)12-9-15/h8-9,11-12,14,16,18H,5-7,10,13H2,1-4H3. The summed E-state index contributed by atoms with van der Waals surface area (Å²) in [6.45, 7) is 7.87. The summed E-state index contributed by atoms with van der Waals surface area (Å²) in [6.07, 6.45) is 4.90. The molecular formula is C17H29NO. The van der Waals surface area contributed by atoms with Crippen LogP contribution < -0.4 is 10.1 Å². The topological polar surface area (TPSA) is 21.3 Å². The van der Waals surface area contributed by atoms with Crippen molar-refractivity contribution in [2.45, 2.75) is 52.5 Å². The maximum atomic E-state index is 5.19. The minimum Gasteiger partial charge on any atom is -0.497 e. The first-order valence-corrected chi connectivity index (χ1v) is 7.55. The Bertz CT molecular complexity index is 334. The molecule has 1 rings (SSSR count). The lowest BCUT2D eigenvalue weighted by Crippen LogP contribution is -2.31. The molecule has 2 heteroatoms. The van der Waals surface area contributed by atoms with E-state index in [2.05, 4.69) is 38.2 Å². The van der Waals surface area contributed by atoms with Crippen LogP contribution in [0.25, 0.3) is 0 Å². The molecular weight excluding hydrogens is 234 g/mol. The lowest BCUT2D eigenvalue weighted by molar-refractivity contribution is 0.382. The van der Waals surface area contributed by atoms with Crippen LogP contribution >= 0.6 is 0 Å². The Morgan fingerprint density at radius 1 is 1.16 bits per heavy atom. The number of rotatable bonds is 9. The zero-order chi connectivity index (χ0) is 14.1. The van der Waals surface area contributed by atoms with Crippen molar-refractivity contribution in [1.29, 1.82) is 0 Å². The molecule has 0 radical (unpaired) electrons. The molecule has 0 amide bonds. The number of hydrogen-bond acceptors (Lipinski definition) is 2. The van der Waals surface area contributed by atoms with Gasteiger partial charge in [0.1, 0.15) is 5.75 Å². The van der Waals surface area contributed by atoms with Gasteiger partial charge in [-0.3, -0.25) is 0 Å². The van der Waals surface area contributed by atoms with Gasteiger partial charge in [-0.05, 0) is 49.4 Å². The maximum Gasteiger partial charge on any atom is 0.118 e. The van der Waals surface area contributed by atoms with E-state index in [1.54, 1.807) is 7.11 Å². The Hall–Kier alpha value is -1.02. The second-order valence-corrected chi connectivity index (χ2v) is 5.39. The van der Waals surface area contributed by atoms with Crippen molar-refractivity contribution in [3.8, 4) is 5.75 Å². The molecule has 1 N–H and O–H groups in total. The summed E-state index contributed by atoms with van der Waals surface area (Å²) in [5, 5.41) is 3.62. The minimum absolute atomic E-state index is 0.641. The van der Waals surface area contributed by atoms with E-state index in [4.69, 9.17) is 4.74 Å². The zero-order valence-corrected chi connectivity index (χ0v) is 12.9. The Morgan fingerprint density at radius 2 is 1.84 bits per heavy atom. The fraction of sp³-hybridized carbons (Fsp3) is 0.647. The summed E-state index contributed by atoms with van der Waals surface area (Å²) in [5.74, 6) is 1.74. The fourth-order valence-electron chi connectivity index (χ4n) is 2.38. The molecule has 0 saturated heterocycles. The largest absolute Gasteiger partial charge is 0.497 e. The molecule has 0 heterocycles. The van der Waals surface area contributed by atoms with Gasteiger partial charge in [0.15, 0.2) is 0 Å². The Kier molecular flexibility index (Phi) is 7.57. The Labute approximate surface area is 118 Å². The van der Waals surface area contributed by atoms with Crippen LogP contribution in [-0.2, 0) is 6.42 Å². The second-order valence-electron chi connectivity index (χ2n) is 5.39. The molecule has 2 unspecified atom stereocenters. The van der Waals surface area contributed by atoms with Crippen molar-refractivity contribution in [1.82, 2.24) is 5.32 Å². The molecule has 1 aromatic carbocycles. The van der Waals surface area contributed by atoms with Gasteiger partial charge in [-0.15, -0.1) is 0 Å². The molecule has 19 heavy (non-hydrogen) atoms. The van der Waals surface area contributed by atoms with Crippen molar-refractivity contribution in [2.24, 2.45) is 5.92 Å². The molecule has 108 valence electrons. The first-order chi connectivity index (χ1) is 9.19. The number of hydrogen-bond donors (Lipinski definition) is 1. The minimum atomic E-state index is 0.641. The molecule has 0 saturated carbocycles. The second kappa shape index (κ2) is 8.98. The third-order valence-electron chi connectivity index (χ3n) is 3.82. The third-order valence-corrected chi connectivity index (χ3v) is 3.82. The Morgan fingerprint density at radius 3 is 2.37 bits per heavy atom. The van der Waals surface area contributed by atoms with Crippen molar-refractivity contribution in [3.63, 3.8) is 0 Å². The van der Waals surface area contributed by atoms with Crippen LogP contribution in [0.4, 0.5) is 0 Å². The lowest BCUT2D eigenvalue weighted by atomic mass is 9.95. The van der Waals surface area contributed by atoms with Crippen molar-refractivity contribution < 1.29 is 4.74 Å². The molecule has 2 atom stereocenters. The van der Waals surface area contributed by atoms with Crippen molar-refractivity contribution in [3.05, 3.63) is 29.8 Å². The molecule has 0 aromatic heterocycles. The SMILES string of the molecule is CCNC(CCc1ccc(OC)cc1)CC(C)CC. The van der Waals surface area contributed by atoms with E-state index >= 15 is 0 Å². The highest BCUT2D eigenvalue weighted by atomic mass is 16.5. The summed E-state index contributed by atoms with van der Waals surface area (Å²) in [6, 6.07) is 9.08. The summed E-state index contributed by atoms with van der Waals surface area (Å²) in [5.41, 5.74) is 1.40. The predicted octanol–water partition coefficient (Wildman–Crippen LogP) is 4.04. The third kappa shape index (κ3) is 6.11. The van der Waals surface area contributed by atoms with Crippen LogP contribution in [0.2, 0.25) is 0 Å². The van der Waals surface area contributed by atoms with Crippen LogP contribution in [0.15, 0.2) is 24.3 Å². The smallest absolute Gasteiger partial charge is 0.118 e. The van der Waals surface area contributed by atoms with Crippen molar-refractivity contribution >= 4 is 0 Å². The molecule has 0 aliphatic carbocycles. The summed E-state index contributed by atoms with van der Waals surface area (Å²) < 4.78 is 5.19. The monoisotopic (exact) mass is 263 g/mol. The molecule has 2 nitrogen and oxygen atoms in total. The number of nitrogens with one attached hydrogen (secondary N) is 1. The summed E-state index contributed by atoms with van der Waals surface area (Å²) in [4.78, 5) is 0. The summed E-state index contributed by atoms with van der Waals surface area (Å²) in [7, 11) is 1.71. The molecule has 0 bridgehead atoms. The van der Waals surface area contributed by atoms with Crippen molar-refractivity contribution in [2.75, 3.05) is 13.7 Å². The van der Waals surface area contributed by atoms with Crippen LogP contribution in [-0.4, -0.2) is 19.7 Å². The highest BCUT2D eigenvalue weighted by Crippen LogP contribution is 2.16. The lowest BCUT2D eigenvalue weighted by Gasteiger charge is -2.21. The quantitative estimate of drug-likeness (QED) is 0.726. The highest BCUT2D eigenvalue weighted by molar-refractivity contribution is 5.27. The van der Waals surface area contributed by atoms with E-state index in [1.165, 1.54) is 24.8 Å². The van der Waals surface area contributed by atoms with Gasteiger partial charge in [-0.1, -0.05) is 39.3 Å². The average Bonchev–Trinajstić information content (AvgIpc) is 2.45. The van der Waals surface area contributed by atoms with Gasteiger partial charge in [-0.2, -0.15) is 0 Å². The van der Waals surface area contributed by atoms with Crippen LogP contribution in [0.5, 0.6) is 5.75 Å². The Balaban J connectivity index is 2.45. The predicted molar refractivity (Wildman–Crippen MR) is 82.9 cm³/mol. The van der Waals surface area contributed by atoms with Gasteiger partial charge in [0.05, 0.1) is 7.11 Å². The number of ether oxygens (including phenoxy) is 1. The van der Waals surface area contributed by atoms with Crippen LogP contribution in [0.3, 0.4) is 0 Å². The first-order valence-electron chi connectivity index (χ1n) is 7.55.